The largest absolute Gasteiger partial charge is 0.482 e. The number of aryl methyl sites for hydroxylation is 1. The van der Waals surface area contributed by atoms with E-state index in [1.54, 1.807) is 42.6 Å². The number of nitrogens with zero attached hydrogens (tertiary/aromatic N) is 1. The molecular formula is C19H15FN2O4S. The monoisotopic (exact) mass is 386 g/mol. The number of carbonyl (C=O) groups excluding carboxylic acids is 1. The van der Waals surface area contributed by atoms with E-state index in [0.29, 0.717) is 10.4 Å². The summed E-state index contributed by atoms with van der Waals surface area (Å²) in [6, 6.07) is 12.2. The van der Waals surface area contributed by atoms with Crippen LogP contribution in [0, 0.1) is 22.9 Å². The van der Waals surface area contributed by atoms with Gasteiger partial charge in [0.2, 0.25) is 0 Å². The van der Waals surface area contributed by atoms with E-state index in [0.717, 1.165) is 5.56 Å². The third kappa shape index (κ3) is 4.48. The highest BCUT2D eigenvalue weighted by Gasteiger charge is 2.15. The van der Waals surface area contributed by atoms with Crippen LogP contribution in [0.4, 0.5) is 15.8 Å². The van der Waals surface area contributed by atoms with Crippen molar-refractivity contribution in [2.24, 2.45) is 0 Å². The van der Waals surface area contributed by atoms with E-state index in [9.17, 15) is 19.3 Å². The fourth-order valence-corrected chi connectivity index (χ4v) is 3.17. The lowest BCUT2D eigenvalue weighted by Gasteiger charge is -2.06. The molecule has 1 heterocycles. The summed E-state index contributed by atoms with van der Waals surface area (Å²) in [6.07, 6.45) is 0. The standard InChI is InChI=1S/C19H15FN2O4S/c1-12-6-7-14(20)15(8-12)21-19(23)18-9-13(11-27-18)10-26-17-5-3-2-4-16(17)22(24)25/h2-9,11H,10H2,1H3,(H,21,23). The third-order valence-electron chi connectivity index (χ3n) is 3.70. The number of amides is 1. The Hall–Kier alpha value is -3.26. The van der Waals surface area contributed by atoms with Gasteiger partial charge in [-0.25, -0.2) is 4.39 Å². The second-order valence-electron chi connectivity index (χ2n) is 5.77. The number of thiophene rings is 1. The zero-order chi connectivity index (χ0) is 19.4. The van der Waals surface area contributed by atoms with Crippen LogP contribution in [0.3, 0.4) is 0 Å². The van der Waals surface area contributed by atoms with E-state index in [4.69, 9.17) is 4.74 Å². The molecule has 1 amide bonds. The second-order valence-corrected chi connectivity index (χ2v) is 6.68. The molecule has 0 spiro atoms. The molecule has 0 bridgehead atoms. The molecule has 0 aliphatic carbocycles. The molecule has 6 nitrogen and oxygen atoms in total. The SMILES string of the molecule is Cc1ccc(F)c(NC(=O)c2cc(COc3ccccc3[N+](=O)[O-])cs2)c1. The maximum absolute atomic E-state index is 13.8. The van der Waals surface area contributed by atoms with Crippen LogP contribution in [0.15, 0.2) is 53.9 Å². The maximum Gasteiger partial charge on any atom is 0.310 e. The summed E-state index contributed by atoms with van der Waals surface area (Å²) in [6.45, 7) is 1.88. The first-order valence-electron chi connectivity index (χ1n) is 7.95. The van der Waals surface area contributed by atoms with Crippen molar-refractivity contribution in [3.8, 4) is 5.75 Å². The van der Waals surface area contributed by atoms with Crippen LogP contribution in [0.25, 0.3) is 0 Å². The average molecular weight is 386 g/mol. The Morgan fingerprint density at radius 3 is 2.81 bits per heavy atom. The van der Waals surface area contributed by atoms with Gasteiger partial charge in [-0.15, -0.1) is 11.3 Å². The molecule has 0 saturated heterocycles. The molecule has 0 saturated carbocycles. The number of benzene rings is 2. The van der Waals surface area contributed by atoms with E-state index in [2.05, 4.69) is 5.32 Å². The lowest BCUT2D eigenvalue weighted by Crippen LogP contribution is -2.11. The lowest BCUT2D eigenvalue weighted by atomic mass is 10.2. The van der Waals surface area contributed by atoms with Crippen molar-refractivity contribution in [1.82, 2.24) is 0 Å². The molecule has 1 N–H and O–H groups in total. The number of ether oxygens (including phenoxy) is 1. The van der Waals surface area contributed by atoms with Crippen molar-refractivity contribution >= 4 is 28.6 Å². The van der Waals surface area contributed by atoms with Gasteiger partial charge in [-0.05, 0) is 42.1 Å². The molecule has 0 aliphatic heterocycles. The third-order valence-corrected chi connectivity index (χ3v) is 4.68. The van der Waals surface area contributed by atoms with Crippen LogP contribution >= 0.6 is 11.3 Å². The van der Waals surface area contributed by atoms with Gasteiger partial charge in [0.05, 0.1) is 15.5 Å². The van der Waals surface area contributed by atoms with Gasteiger partial charge in [0.1, 0.15) is 12.4 Å². The number of carbonyl (C=O) groups is 1. The first-order chi connectivity index (χ1) is 12.9. The summed E-state index contributed by atoms with van der Waals surface area (Å²) in [4.78, 5) is 23.2. The van der Waals surface area contributed by atoms with Crippen molar-refractivity contribution in [2.45, 2.75) is 13.5 Å². The number of halogens is 1. The van der Waals surface area contributed by atoms with Gasteiger partial charge >= 0.3 is 5.69 Å². The number of hydrogen-bond donors (Lipinski definition) is 1. The average Bonchev–Trinajstić information content (AvgIpc) is 3.12. The van der Waals surface area contributed by atoms with Crippen LogP contribution in [-0.2, 0) is 6.61 Å². The summed E-state index contributed by atoms with van der Waals surface area (Å²) >= 11 is 1.18. The van der Waals surface area contributed by atoms with Gasteiger partial charge in [0.25, 0.3) is 5.91 Å². The van der Waals surface area contributed by atoms with Crippen LogP contribution in [-0.4, -0.2) is 10.8 Å². The Bertz CT molecular complexity index is 1000. The van der Waals surface area contributed by atoms with Crippen molar-refractivity contribution < 1.29 is 18.8 Å². The Balaban J connectivity index is 1.67. The van der Waals surface area contributed by atoms with Crippen LogP contribution < -0.4 is 10.1 Å². The molecule has 0 atom stereocenters. The molecule has 0 fully saturated rings. The van der Waals surface area contributed by atoms with Gasteiger partial charge < -0.3 is 10.1 Å². The molecular weight excluding hydrogens is 371 g/mol. The Morgan fingerprint density at radius 2 is 2.04 bits per heavy atom. The molecule has 1 aromatic heterocycles. The molecule has 8 heteroatoms. The zero-order valence-electron chi connectivity index (χ0n) is 14.3. The number of nitro groups is 1. The predicted octanol–water partition coefficient (Wildman–Crippen LogP) is 4.94. The van der Waals surface area contributed by atoms with E-state index in [1.807, 2.05) is 0 Å². The smallest absolute Gasteiger partial charge is 0.310 e. The topological polar surface area (TPSA) is 81.5 Å². The van der Waals surface area contributed by atoms with Crippen LogP contribution in [0.5, 0.6) is 5.75 Å². The van der Waals surface area contributed by atoms with Gasteiger partial charge in [0.15, 0.2) is 5.75 Å². The maximum atomic E-state index is 13.8. The van der Waals surface area contributed by atoms with Gasteiger partial charge in [-0.1, -0.05) is 18.2 Å². The van der Waals surface area contributed by atoms with Crippen molar-refractivity contribution in [1.29, 1.82) is 0 Å². The number of para-hydroxylation sites is 2. The highest BCUT2D eigenvalue weighted by atomic mass is 32.1. The molecule has 3 aromatic rings. The Kier molecular flexibility index (Phi) is 5.46. The molecule has 2 aromatic carbocycles. The predicted molar refractivity (Wildman–Crippen MR) is 101 cm³/mol. The molecule has 138 valence electrons. The van der Waals surface area contributed by atoms with E-state index in [1.165, 1.54) is 29.5 Å². The van der Waals surface area contributed by atoms with Crippen LogP contribution in [0.2, 0.25) is 0 Å². The molecule has 0 radical (unpaired) electrons. The van der Waals surface area contributed by atoms with Crippen molar-refractivity contribution in [3.05, 3.63) is 85.8 Å². The quantitative estimate of drug-likeness (QED) is 0.481. The number of anilines is 1. The normalized spacial score (nSPS) is 10.4. The summed E-state index contributed by atoms with van der Waals surface area (Å²) in [5.41, 5.74) is 1.51. The minimum atomic E-state index is -0.516. The van der Waals surface area contributed by atoms with Gasteiger partial charge in [-0.2, -0.15) is 0 Å². The highest BCUT2D eigenvalue weighted by molar-refractivity contribution is 7.12. The van der Waals surface area contributed by atoms with Crippen LogP contribution in [0.1, 0.15) is 20.8 Å². The molecule has 27 heavy (non-hydrogen) atoms. The fraction of sp³-hybridized carbons (Fsp3) is 0.105. The van der Waals surface area contributed by atoms with E-state index in [-0.39, 0.29) is 23.7 Å². The first kappa shape index (κ1) is 18.5. The summed E-state index contributed by atoms with van der Waals surface area (Å²) in [5.74, 6) is -0.784. The summed E-state index contributed by atoms with van der Waals surface area (Å²) in [5, 5.41) is 15.3. The molecule has 0 unspecified atom stereocenters. The van der Waals surface area contributed by atoms with E-state index >= 15 is 0 Å². The molecule has 0 aliphatic rings. The fourth-order valence-electron chi connectivity index (χ4n) is 2.38. The zero-order valence-corrected chi connectivity index (χ0v) is 15.1. The minimum Gasteiger partial charge on any atom is -0.482 e. The van der Waals surface area contributed by atoms with Gasteiger partial charge in [-0.3, -0.25) is 14.9 Å². The Labute approximate surface area is 158 Å². The number of nitrogens with one attached hydrogen (secondary N) is 1. The highest BCUT2D eigenvalue weighted by Crippen LogP contribution is 2.27. The minimum absolute atomic E-state index is 0.0768. The summed E-state index contributed by atoms with van der Waals surface area (Å²) < 4.78 is 19.3. The first-order valence-corrected chi connectivity index (χ1v) is 8.83. The molecule has 3 rings (SSSR count). The lowest BCUT2D eigenvalue weighted by molar-refractivity contribution is -0.385. The van der Waals surface area contributed by atoms with Gasteiger partial charge in [0, 0.05) is 11.6 Å². The van der Waals surface area contributed by atoms with Crippen molar-refractivity contribution in [3.63, 3.8) is 0 Å². The van der Waals surface area contributed by atoms with Crippen molar-refractivity contribution in [2.75, 3.05) is 5.32 Å². The summed E-state index contributed by atoms with van der Waals surface area (Å²) in [7, 11) is 0. The Morgan fingerprint density at radius 1 is 1.26 bits per heavy atom. The number of rotatable bonds is 6. The number of nitro benzene ring substituents is 1. The van der Waals surface area contributed by atoms with E-state index < -0.39 is 16.6 Å². The second kappa shape index (κ2) is 7.96. The number of hydrogen-bond acceptors (Lipinski definition) is 5.